The first-order valence-electron chi connectivity index (χ1n) is 8.87. The molecule has 0 atom stereocenters. The van der Waals surface area contributed by atoms with Crippen LogP contribution in [0.25, 0.3) is 16.5 Å². The van der Waals surface area contributed by atoms with E-state index in [1.165, 1.54) is 35.6 Å². The van der Waals surface area contributed by atoms with Crippen LogP contribution >= 0.6 is 27.7 Å². The number of hydrogen-bond donors (Lipinski definition) is 1. The SMILES string of the molecule is CCNOC(=O)CSc1nnc(Br)n1-c1ccc(C2CC2)c2ccccc12. The van der Waals surface area contributed by atoms with Crippen LogP contribution in [0.3, 0.4) is 0 Å². The molecule has 0 bridgehead atoms. The van der Waals surface area contributed by atoms with Crippen molar-refractivity contribution < 1.29 is 9.63 Å². The third-order valence-corrected chi connectivity index (χ3v) is 5.85. The van der Waals surface area contributed by atoms with Crippen molar-refractivity contribution in [3.8, 4) is 5.69 Å². The summed E-state index contributed by atoms with van der Waals surface area (Å²) in [5, 5.41) is 11.4. The molecule has 27 heavy (non-hydrogen) atoms. The third-order valence-electron chi connectivity index (χ3n) is 4.44. The van der Waals surface area contributed by atoms with Crippen molar-refractivity contribution in [3.63, 3.8) is 0 Å². The van der Waals surface area contributed by atoms with Crippen molar-refractivity contribution in [2.24, 2.45) is 0 Å². The predicted octanol–water partition coefficient (Wildman–Crippen LogP) is 4.22. The summed E-state index contributed by atoms with van der Waals surface area (Å²) >= 11 is 4.79. The molecule has 0 aliphatic heterocycles. The Morgan fingerprint density at radius 3 is 2.78 bits per heavy atom. The zero-order valence-electron chi connectivity index (χ0n) is 14.8. The first-order valence-corrected chi connectivity index (χ1v) is 10.6. The zero-order chi connectivity index (χ0) is 18.8. The van der Waals surface area contributed by atoms with Gasteiger partial charge in [0.05, 0.1) is 5.69 Å². The highest BCUT2D eigenvalue weighted by Crippen LogP contribution is 2.44. The maximum Gasteiger partial charge on any atom is 0.335 e. The Hall–Kier alpha value is -1.90. The highest BCUT2D eigenvalue weighted by Gasteiger charge is 2.26. The van der Waals surface area contributed by atoms with E-state index in [2.05, 4.69) is 61.9 Å². The van der Waals surface area contributed by atoms with E-state index in [9.17, 15) is 4.79 Å². The van der Waals surface area contributed by atoms with Gasteiger partial charge in [-0.1, -0.05) is 42.1 Å². The molecule has 1 aliphatic carbocycles. The van der Waals surface area contributed by atoms with Crippen molar-refractivity contribution >= 4 is 44.4 Å². The monoisotopic (exact) mass is 446 g/mol. The van der Waals surface area contributed by atoms with Crippen LogP contribution in [0.15, 0.2) is 46.3 Å². The predicted molar refractivity (Wildman–Crippen MR) is 109 cm³/mol. The van der Waals surface area contributed by atoms with Gasteiger partial charge in [-0.2, -0.15) is 5.48 Å². The Morgan fingerprint density at radius 2 is 2.04 bits per heavy atom. The van der Waals surface area contributed by atoms with Crippen molar-refractivity contribution in [1.82, 2.24) is 20.2 Å². The maximum atomic E-state index is 11.8. The zero-order valence-corrected chi connectivity index (χ0v) is 17.2. The second-order valence-corrected chi connectivity index (χ2v) is 7.99. The lowest BCUT2D eigenvalue weighted by Crippen LogP contribution is -2.20. The van der Waals surface area contributed by atoms with Gasteiger partial charge in [-0.05, 0) is 58.6 Å². The molecule has 1 N–H and O–H groups in total. The van der Waals surface area contributed by atoms with Crippen molar-refractivity contribution in [1.29, 1.82) is 0 Å². The summed E-state index contributed by atoms with van der Waals surface area (Å²) in [6.45, 7) is 2.43. The van der Waals surface area contributed by atoms with Crippen molar-refractivity contribution in [2.75, 3.05) is 12.3 Å². The summed E-state index contributed by atoms with van der Waals surface area (Å²) in [5.41, 5.74) is 4.97. The molecule has 8 heteroatoms. The molecule has 0 amide bonds. The normalized spacial score (nSPS) is 13.9. The van der Waals surface area contributed by atoms with Crippen LogP contribution in [0.2, 0.25) is 0 Å². The van der Waals surface area contributed by atoms with Crippen LogP contribution in [0.1, 0.15) is 31.2 Å². The molecule has 140 valence electrons. The van der Waals surface area contributed by atoms with Crippen LogP contribution in [0.5, 0.6) is 0 Å². The number of hydrogen-bond acceptors (Lipinski definition) is 6. The van der Waals surface area contributed by atoms with E-state index in [4.69, 9.17) is 4.84 Å². The van der Waals surface area contributed by atoms with Crippen molar-refractivity contribution in [3.05, 3.63) is 46.7 Å². The highest BCUT2D eigenvalue weighted by molar-refractivity contribution is 9.10. The molecule has 3 aromatic rings. The quantitative estimate of drug-likeness (QED) is 0.432. The number of halogens is 1. The summed E-state index contributed by atoms with van der Waals surface area (Å²) in [7, 11) is 0. The van der Waals surface area contributed by atoms with Crippen LogP contribution < -0.4 is 5.48 Å². The lowest BCUT2D eigenvalue weighted by Gasteiger charge is -2.13. The summed E-state index contributed by atoms with van der Waals surface area (Å²) in [6, 6.07) is 12.7. The first-order chi connectivity index (χ1) is 13.2. The van der Waals surface area contributed by atoms with Gasteiger partial charge in [-0.15, -0.1) is 10.2 Å². The fourth-order valence-electron chi connectivity index (χ4n) is 3.11. The Morgan fingerprint density at radius 1 is 1.26 bits per heavy atom. The molecule has 1 saturated carbocycles. The minimum atomic E-state index is -0.346. The summed E-state index contributed by atoms with van der Waals surface area (Å²) in [5.74, 6) is 0.473. The van der Waals surface area contributed by atoms with E-state index in [-0.39, 0.29) is 11.7 Å². The Kier molecular flexibility index (Phi) is 5.47. The van der Waals surface area contributed by atoms with Crippen LogP contribution in [0, 0.1) is 0 Å². The lowest BCUT2D eigenvalue weighted by molar-refractivity contribution is -0.147. The number of thioether (sulfide) groups is 1. The number of benzene rings is 2. The Bertz CT molecular complexity index is 987. The molecule has 1 aliphatic rings. The summed E-state index contributed by atoms with van der Waals surface area (Å²) in [6.07, 6.45) is 2.52. The van der Waals surface area contributed by atoms with E-state index in [1.807, 2.05) is 17.6 Å². The number of nitrogens with one attached hydrogen (secondary N) is 1. The lowest BCUT2D eigenvalue weighted by atomic mass is 9.99. The molecule has 4 rings (SSSR count). The second-order valence-electron chi connectivity index (χ2n) is 6.34. The van der Waals surface area contributed by atoms with E-state index in [1.54, 1.807) is 0 Å². The Labute approximate surface area is 169 Å². The van der Waals surface area contributed by atoms with Gasteiger partial charge in [-0.3, -0.25) is 4.57 Å². The molecular formula is C19H19BrN4O2S. The van der Waals surface area contributed by atoms with Crippen LogP contribution in [-0.4, -0.2) is 33.0 Å². The smallest absolute Gasteiger partial charge is 0.335 e. The fraction of sp³-hybridized carbons (Fsp3) is 0.316. The maximum absolute atomic E-state index is 11.8. The van der Waals surface area contributed by atoms with E-state index in [0.717, 1.165) is 11.1 Å². The Balaban J connectivity index is 1.69. The molecule has 0 spiro atoms. The third kappa shape index (κ3) is 3.88. The number of carbonyl (C=O) groups excluding carboxylic acids is 1. The minimum absolute atomic E-state index is 0.149. The number of nitrogens with zero attached hydrogens (tertiary/aromatic N) is 3. The van der Waals surface area contributed by atoms with Gasteiger partial charge in [0.15, 0.2) is 5.16 Å². The van der Waals surface area contributed by atoms with Gasteiger partial charge in [0.2, 0.25) is 4.73 Å². The molecule has 1 aromatic heterocycles. The average molecular weight is 447 g/mol. The van der Waals surface area contributed by atoms with Gasteiger partial charge in [0, 0.05) is 11.9 Å². The standard InChI is InChI=1S/C19H19BrN4O2S/c1-2-21-26-17(25)11-27-19-23-22-18(20)24(19)16-10-9-13(12-7-8-12)14-5-3-4-6-15(14)16/h3-6,9-10,12,21H,2,7-8,11H2,1H3. The molecule has 0 unspecified atom stereocenters. The van der Waals surface area contributed by atoms with Crippen molar-refractivity contribution in [2.45, 2.75) is 30.8 Å². The second kappa shape index (κ2) is 8.00. The van der Waals surface area contributed by atoms with Gasteiger partial charge < -0.3 is 4.84 Å². The van der Waals surface area contributed by atoms with E-state index >= 15 is 0 Å². The van der Waals surface area contributed by atoms with Crippen LogP contribution in [0.4, 0.5) is 0 Å². The molecule has 0 radical (unpaired) electrons. The number of aromatic nitrogens is 3. The molecule has 0 saturated heterocycles. The molecule has 2 aromatic carbocycles. The molecule has 1 heterocycles. The largest absolute Gasteiger partial charge is 0.370 e. The number of rotatable bonds is 7. The number of fused-ring (bicyclic) bond motifs is 1. The molecule has 1 fully saturated rings. The van der Waals surface area contributed by atoms with E-state index in [0.29, 0.717) is 22.4 Å². The number of hydroxylamine groups is 1. The van der Waals surface area contributed by atoms with Gasteiger partial charge >= 0.3 is 5.97 Å². The van der Waals surface area contributed by atoms with Gasteiger partial charge in [0.25, 0.3) is 0 Å². The fourth-order valence-corrected chi connectivity index (χ4v) is 4.38. The van der Waals surface area contributed by atoms with Gasteiger partial charge in [0.1, 0.15) is 5.75 Å². The van der Waals surface area contributed by atoms with Gasteiger partial charge in [-0.25, -0.2) is 4.79 Å². The average Bonchev–Trinajstić information content (AvgIpc) is 3.47. The summed E-state index contributed by atoms with van der Waals surface area (Å²) < 4.78 is 2.54. The van der Waals surface area contributed by atoms with E-state index < -0.39 is 0 Å². The number of carbonyl (C=O) groups is 1. The topological polar surface area (TPSA) is 69.0 Å². The summed E-state index contributed by atoms with van der Waals surface area (Å²) in [4.78, 5) is 16.7. The molecular weight excluding hydrogens is 428 g/mol. The van der Waals surface area contributed by atoms with Crippen LogP contribution in [-0.2, 0) is 9.63 Å². The first kappa shape index (κ1) is 18.5. The minimum Gasteiger partial charge on any atom is -0.370 e. The highest BCUT2D eigenvalue weighted by atomic mass is 79.9. The molecule has 6 nitrogen and oxygen atoms in total.